The van der Waals surface area contributed by atoms with Crippen molar-refractivity contribution in [3.05, 3.63) is 34.9 Å². The molecule has 16 heavy (non-hydrogen) atoms. The molecule has 0 bridgehead atoms. The van der Waals surface area contributed by atoms with E-state index in [9.17, 15) is 0 Å². The van der Waals surface area contributed by atoms with Gasteiger partial charge in [-0.3, -0.25) is 0 Å². The van der Waals surface area contributed by atoms with Crippen LogP contribution in [0, 0.1) is 0 Å². The van der Waals surface area contributed by atoms with Crippen LogP contribution in [0.1, 0.15) is 31.4 Å². The highest BCUT2D eigenvalue weighted by Crippen LogP contribution is 2.31. The van der Waals surface area contributed by atoms with E-state index < -0.39 is 0 Å². The molecule has 0 saturated heterocycles. The Hall–Kier alpha value is -1.28. The molecule has 0 unspecified atom stereocenters. The second kappa shape index (κ2) is 3.95. The van der Waals surface area contributed by atoms with Crippen LogP contribution in [-0.2, 0) is 6.42 Å². The van der Waals surface area contributed by atoms with E-state index in [1.54, 1.807) is 7.11 Å². The van der Waals surface area contributed by atoms with E-state index in [-0.39, 0.29) is 5.54 Å². The third kappa shape index (κ3) is 2.12. The second-order valence-corrected chi connectivity index (χ2v) is 4.96. The lowest BCUT2D eigenvalue weighted by Gasteiger charge is -2.27. The molecule has 1 aromatic carbocycles. The average Bonchev–Trinajstić information content (AvgIpc) is 2.26. The summed E-state index contributed by atoms with van der Waals surface area (Å²) in [5, 5.41) is 0. The van der Waals surface area contributed by atoms with Gasteiger partial charge in [-0.05, 0) is 49.9 Å². The van der Waals surface area contributed by atoms with E-state index in [1.165, 1.54) is 16.7 Å². The zero-order chi connectivity index (χ0) is 11.8. The van der Waals surface area contributed by atoms with Crippen molar-refractivity contribution in [2.45, 2.75) is 32.2 Å². The monoisotopic (exact) mass is 217 g/mol. The maximum absolute atomic E-state index is 6.14. The molecule has 1 aliphatic carbocycles. The number of ether oxygens (including phenoxy) is 1. The minimum atomic E-state index is -0.221. The van der Waals surface area contributed by atoms with Crippen LogP contribution in [0.5, 0.6) is 5.75 Å². The summed E-state index contributed by atoms with van der Waals surface area (Å²) in [6, 6.07) is 6.25. The molecule has 0 saturated carbocycles. The van der Waals surface area contributed by atoms with Gasteiger partial charge in [0.05, 0.1) is 7.11 Å². The first-order valence-electron chi connectivity index (χ1n) is 5.67. The lowest BCUT2D eigenvalue weighted by Crippen LogP contribution is -2.35. The molecule has 0 spiro atoms. The Labute approximate surface area is 97.1 Å². The Bertz CT molecular complexity index is 427. The molecule has 0 radical (unpaired) electrons. The molecular formula is C14H19NO. The summed E-state index contributed by atoms with van der Waals surface area (Å²) < 4.78 is 5.24. The van der Waals surface area contributed by atoms with Gasteiger partial charge in [-0.1, -0.05) is 17.7 Å². The van der Waals surface area contributed by atoms with E-state index in [0.717, 1.165) is 18.6 Å². The molecule has 2 nitrogen and oxygen atoms in total. The largest absolute Gasteiger partial charge is 0.497 e. The highest BCUT2D eigenvalue weighted by atomic mass is 16.5. The summed E-state index contributed by atoms with van der Waals surface area (Å²) in [4.78, 5) is 0. The smallest absolute Gasteiger partial charge is 0.119 e. The van der Waals surface area contributed by atoms with Crippen molar-refractivity contribution in [3.8, 4) is 5.75 Å². The summed E-state index contributed by atoms with van der Waals surface area (Å²) in [5.74, 6) is 0.908. The van der Waals surface area contributed by atoms with E-state index in [4.69, 9.17) is 10.5 Å². The predicted octanol–water partition coefficient (Wildman–Crippen LogP) is 2.76. The Morgan fingerprint density at radius 2 is 2.00 bits per heavy atom. The van der Waals surface area contributed by atoms with E-state index in [1.807, 2.05) is 6.07 Å². The molecule has 86 valence electrons. The van der Waals surface area contributed by atoms with Crippen LogP contribution >= 0.6 is 0 Å². The van der Waals surface area contributed by atoms with Gasteiger partial charge in [0.1, 0.15) is 5.75 Å². The first-order chi connectivity index (χ1) is 7.50. The summed E-state index contributed by atoms with van der Waals surface area (Å²) >= 11 is 0. The molecule has 2 N–H and O–H groups in total. The quantitative estimate of drug-likeness (QED) is 0.826. The van der Waals surface area contributed by atoms with Gasteiger partial charge in [0.15, 0.2) is 0 Å². The molecule has 0 atom stereocenters. The fourth-order valence-corrected chi connectivity index (χ4v) is 2.10. The number of benzene rings is 1. The van der Waals surface area contributed by atoms with E-state index >= 15 is 0 Å². The van der Waals surface area contributed by atoms with Crippen LogP contribution in [0.4, 0.5) is 0 Å². The van der Waals surface area contributed by atoms with Gasteiger partial charge in [0, 0.05) is 5.54 Å². The lowest BCUT2D eigenvalue weighted by atomic mass is 9.83. The van der Waals surface area contributed by atoms with Gasteiger partial charge in [0.2, 0.25) is 0 Å². The summed E-state index contributed by atoms with van der Waals surface area (Å²) in [6.07, 6.45) is 4.34. The van der Waals surface area contributed by atoms with Gasteiger partial charge < -0.3 is 10.5 Å². The lowest BCUT2D eigenvalue weighted by molar-refractivity contribution is 0.414. The Morgan fingerprint density at radius 3 is 2.62 bits per heavy atom. The first-order valence-corrected chi connectivity index (χ1v) is 5.67. The van der Waals surface area contributed by atoms with Gasteiger partial charge in [-0.2, -0.15) is 0 Å². The standard InChI is InChI=1S/C14H19NO/c1-14(2,15)12-6-4-10-5-7-13(16-3)9-11(10)8-12/h5,7-9H,4,6,15H2,1-3H3. The maximum atomic E-state index is 6.14. The summed E-state index contributed by atoms with van der Waals surface area (Å²) in [5.41, 5.74) is 9.86. The highest BCUT2D eigenvalue weighted by Gasteiger charge is 2.21. The van der Waals surface area contributed by atoms with Gasteiger partial charge in [-0.25, -0.2) is 0 Å². The number of hydrogen-bond acceptors (Lipinski definition) is 2. The van der Waals surface area contributed by atoms with Gasteiger partial charge >= 0.3 is 0 Å². The summed E-state index contributed by atoms with van der Waals surface area (Å²) in [6.45, 7) is 4.12. The van der Waals surface area contributed by atoms with Crippen molar-refractivity contribution in [3.63, 3.8) is 0 Å². The van der Waals surface area contributed by atoms with Crippen molar-refractivity contribution in [2.24, 2.45) is 5.73 Å². The van der Waals surface area contributed by atoms with Crippen molar-refractivity contribution < 1.29 is 4.74 Å². The maximum Gasteiger partial charge on any atom is 0.119 e. The molecule has 1 aliphatic rings. The number of rotatable bonds is 2. The number of aryl methyl sites for hydroxylation is 1. The number of hydrogen-bond donors (Lipinski definition) is 1. The van der Waals surface area contributed by atoms with Crippen molar-refractivity contribution >= 4 is 6.08 Å². The molecule has 0 heterocycles. The Morgan fingerprint density at radius 1 is 1.25 bits per heavy atom. The zero-order valence-electron chi connectivity index (χ0n) is 10.2. The minimum Gasteiger partial charge on any atom is -0.497 e. The van der Waals surface area contributed by atoms with Gasteiger partial charge in [0.25, 0.3) is 0 Å². The average molecular weight is 217 g/mol. The Balaban J connectivity index is 2.41. The molecule has 2 heteroatoms. The van der Waals surface area contributed by atoms with Crippen LogP contribution in [0.15, 0.2) is 23.8 Å². The zero-order valence-corrected chi connectivity index (χ0v) is 10.2. The van der Waals surface area contributed by atoms with Crippen LogP contribution < -0.4 is 10.5 Å². The van der Waals surface area contributed by atoms with Crippen LogP contribution in [-0.4, -0.2) is 12.6 Å². The van der Waals surface area contributed by atoms with Gasteiger partial charge in [-0.15, -0.1) is 0 Å². The SMILES string of the molecule is COc1ccc2c(c1)C=C(C(C)(C)N)CC2. The molecule has 2 rings (SSSR count). The Kier molecular flexibility index (Phi) is 2.76. The fourth-order valence-electron chi connectivity index (χ4n) is 2.10. The van der Waals surface area contributed by atoms with Crippen LogP contribution in [0.25, 0.3) is 6.08 Å². The second-order valence-electron chi connectivity index (χ2n) is 4.96. The minimum absolute atomic E-state index is 0.221. The third-order valence-corrected chi connectivity index (χ3v) is 3.17. The van der Waals surface area contributed by atoms with E-state index in [0.29, 0.717) is 0 Å². The van der Waals surface area contributed by atoms with Crippen molar-refractivity contribution in [2.75, 3.05) is 7.11 Å². The predicted molar refractivity (Wildman–Crippen MR) is 67.6 cm³/mol. The molecule has 0 fully saturated rings. The third-order valence-electron chi connectivity index (χ3n) is 3.17. The topological polar surface area (TPSA) is 35.2 Å². The van der Waals surface area contributed by atoms with Crippen LogP contribution in [0.2, 0.25) is 0 Å². The van der Waals surface area contributed by atoms with Crippen LogP contribution in [0.3, 0.4) is 0 Å². The normalized spacial score (nSPS) is 15.4. The van der Waals surface area contributed by atoms with E-state index in [2.05, 4.69) is 32.1 Å². The molecule has 0 aliphatic heterocycles. The molecule has 0 amide bonds. The number of fused-ring (bicyclic) bond motifs is 1. The fraction of sp³-hybridized carbons (Fsp3) is 0.429. The molecule has 1 aromatic rings. The number of nitrogens with two attached hydrogens (primary N) is 1. The highest BCUT2D eigenvalue weighted by molar-refractivity contribution is 5.63. The first kappa shape index (κ1) is 11.2. The van der Waals surface area contributed by atoms with Crippen molar-refractivity contribution in [1.82, 2.24) is 0 Å². The molecule has 0 aromatic heterocycles. The summed E-state index contributed by atoms with van der Waals surface area (Å²) in [7, 11) is 1.70. The van der Waals surface area contributed by atoms with Crippen molar-refractivity contribution in [1.29, 1.82) is 0 Å². The number of methoxy groups -OCH3 is 1. The molecular weight excluding hydrogens is 198 g/mol.